The second kappa shape index (κ2) is 8.70. The van der Waals surface area contributed by atoms with Crippen molar-refractivity contribution in [3.8, 4) is 0 Å². The Morgan fingerprint density at radius 3 is 2.39 bits per heavy atom. The van der Waals surface area contributed by atoms with Crippen molar-refractivity contribution in [2.24, 2.45) is 0 Å². The smallest absolute Gasteiger partial charge is 0.289 e. The van der Waals surface area contributed by atoms with Gasteiger partial charge in [0.2, 0.25) is 0 Å². The van der Waals surface area contributed by atoms with E-state index in [2.05, 4.69) is 5.32 Å². The maximum absolute atomic E-state index is 13.1. The summed E-state index contributed by atoms with van der Waals surface area (Å²) in [5, 5.41) is 3.13. The number of rotatable bonds is 3. The van der Waals surface area contributed by atoms with E-state index in [9.17, 15) is 14.4 Å². The number of hydrogen-bond acceptors (Lipinski definition) is 6. The van der Waals surface area contributed by atoms with Gasteiger partial charge in [-0.25, -0.2) is 0 Å². The van der Waals surface area contributed by atoms with E-state index in [4.69, 9.17) is 39.8 Å². The lowest BCUT2D eigenvalue weighted by atomic mass is 10.1. The predicted molar refractivity (Wildman–Crippen MR) is 119 cm³/mol. The number of anilines is 1. The van der Waals surface area contributed by atoms with E-state index in [1.807, 2.05) is 4.90 Å². The zero-order valence-corrected chi connectivity index (χ0v) is 18.3. The molecule has 1 N–H and O–H groups in total. The van der Waals surface area contributed by atoms with Gasteiger partial charge in [-0.15, -0.1) is 0 Å². The molecule has 3 amide bonds. The van der Waals surface area contributed by atoms with Gasteiger partial charge in [-0.1, -0.05) is 23.2 Å². The minimum absolute atomic E-state index is 0.0562. The van der Waals surface area contributed by atoms with Gasteiger partial charge in [-0.3, -0.25) is 24.6 Å². The molecule has 0 aliphatic carbocycles. The molecule has 0 radical (unpaired) electrons. The van der Waals surface area contributed by atoms with E-state index < -0.39 is 11.8 Å². The maximum atomic E-state index is 13.1. The number of halogens is 2. The molecule has 160 valence electrons. The molecule has 2 aliphatic heterocycles. The summed E-state index contributed by atoms with van der Waals surface area (Å²) < 4.78 is 5.15. The van der Waals surface area contributed by atoms with Crippen LogP contribution in [0.1, 0.15) is 10.6 Å². The van der Waals surface area contributed by atoms with Crippen molar-refractivity contribution < 1.29 is 18.8 Å². The number of benzene rings is 1. The molecule has 8 nitrogen and oxygen atoms in total. The quantitative estimate of drug-likeness (QED) is 0.414. The van der Waals surface area contributed by atoms with Crippen LogP contribution < -0.4 is 10.2 Å². The highest BCUT2D eigenvalue weighted by atomic mass is 35.5. The SMILES string of the molecule is O=C1NC(=S)N(c2cc(Cl)cc(Cl)c2)C(=O)/C1=C/N1CCN(C(=O)c2ccco2)CC1. The number of thiocarbonyl (C=S) groups is 1. The monoisotopic (exact) mass is 478 g/mol. The van der Waals surface area contributed by atoms with Crippen LogP contribution in [-0.4, -0.2) is 58.8 Å². The first-order valence-electron chi connectivity index (χ1n) is 9.28. The molecule has 0 spiro atoms. The number of piperazine rings is 1. The largest absolute Gasteiger partial charge is 0.459 e. The molecule has 0 atom stereocenters. The molecule has 2 aromatic rings. The summed E-state index contributed by atoms with van der Waals surface area (Å²) in [5.41, 5.74) is 0.280. The molecule has 0 saturated carbocycles. The molecule has 31 heavy (non-hydrogen) atoms. The zero-order chi connectivity index (χ0) is 22.1. The van der Waals surface area contributed by atoms with Gasteiger partial charge in [0, 0.05) is 42.4 Å². The first-order chi connectivity index (χ1) is 14.8. The van der Waals surface area contributed by atoms with Gasteiger partial charge in [0.25, 0.3) is 17.7 Å². The topological polar surface area (TPSA) is 86.1 Å². The Morgan fingerprint density at radius 2 is 1.77 bits per heavy atom. The van der Waals surface area contributed by atoms with Crippen molar-refractivity contribution in [1.29, 1.82) is 0 Å². The summed E-state index contributed by atoms with van der Waals surface area (Å²) >= 11 is 17.3. The van der Waals surface area contributed by atoms with Crippen LogP contribution in [0.4, 0.5) is 5.69 Å². The Morgan fingerprint density at radius 1 is 1.10 bits per heavy atom. The number of nitrogens with zero attached hydrogens (tertiary/aromatic N) is 3. The fraction of sp³-hybridized carbons (Fsp3) is 0.200. The number of hydrogen-bond donors (Lipinski definition) is 1. The fourth-order valence-electron chi connectivity index (χ4n) is 3.34. The maximum Gasteiger partial charge on any atom is 0.289 e. The highest BCUT2D eigenvalue weighted by Gasteiger charge is 2.35. The lowest BCUT2D eigenvalue weighted by Crippen LogP contribution is -2.55. The van der Waals surface area contributed by atoms with Crippen LogP contribution in [0.2, 0.25) is 10.0 Å². The highest BCUT2D eigenvalue weighted by Crippen LogP contribution is 2.28. The Balaban J connectivity index is 1.50. The molecule has 1 aromatic heterocycles. The molecule has 0 bridgehead atoms. The van der Waals surface area contributed by atoms with E-state index in [0.717, 1.165) is 0 Å². The summed E-state index contributed by atoms with van der Waals surface area (Å²) in [6, 6.07) is 7.87. The Kier molecular flexibility index (Phi) is 5.99. The third kappa shape index (κ3) is 4.43. The standard InChI is InChI=1S/C20H16Cl2N4O4S/c21-12-8-13(22)10-14(9-12)26-18(28)15(17(27)23-20(26)31)11-24-3-5-25(6-4-24)19(29)16-2-1-7-30-16/h1-2,7-11H,3-6H2,(H,23,27,31)/b15-11+. The Hall–Kier alpha value is -2.88. The minimum atomic E-state index is -0.589. The van der Waals surface area contributed by atoms with Crippen LogP contribution in [0.3, 0.4) is 0 Å². The number of amides is 3. The number of carbonyl (C=O) groups excluding carboxylic acids is 3. The molecular formula is C20H16Cl2N4O4S. The molecule has 2 saturated heterocycles. The van der Waals surface area contributed by atoms with Gasteiger partial charge >= 0.3 is 0 Å². The van der Waals surface area contributed by atoms with Gasteiger partial charge in [0.05, 0.1) is 12.0 Å². The second-order valence-corrected chi connectivity index (χ2v) is 8.14. The van der Waals surface area contributed by atoms with Gasteiger partial charge in [-0.2, -0.15) is 0 Å². The number of nitrogens with one attached hydrogen (secondary N) is 1. The van der Waals surface area contributed by atoms with Crippen molar-refractivity contribution >= 4 is 63.9 Å². The highest BCUT2D eigenvalue weighted by molar-refractivity contribution is 7.80. The summed E-state index contributed by atoms with van der Waals surface area (Å²) in [6.45, 7) is 1.74. The third-order valence-corrected chi connectivity index (χ3v) is 5.57. The molecule has 4 rings (SSSR count). The zero-order valence-electron chi connectivity index (χ0n) is 16.0. The predicted octanol–water partition coefficient (Wildman–Crippen LogP) is 2.68. The average Bonchev–Trinajstić information content (AvgIpc) is 3.25. The summed E-state index contributed by atoms with van der Waals surface area (Å²) in [5.74, 6) is -1.09. The second-order valence-electron chi connectivity index (χ2n) is 6.88. The molecule has 0 unspecified atom stereocenters. The summed E-state index contributed by atoms with van der Waals surface area (Å²) in [4.78, 5) is 42.6. The number of carbonyl (C=O) groups is 3. The van der Waals surface area contributed by atoms with Crippen molar-refractivity contribution in [1.82, 2.24) is 15.1 Å². The normalized spacial score (nSPS) is 18.6. The van der Waals surface area contributed by atoms with Crippen LogP contribution in [0.15, 0.2) is 52.8 Å². The fourth-order valence-corrected chi connectivity index (χ4v) is 4.14. The van der Waals surface area contributed by atoms with Gasteiger partial charge < -0.3 is 14.2 Å². The first-order valence-corrected chi connectivity index (χ1v) is 10.4. The van der Waals surface area contributed by atoms with Crippen molar-refractivity contribution in [2.45, 2.75) is 0 Å². The summed E-state index contributed by atoms with van der Waals surface area (Å²) in [6.07, 6.45) is 2.94. The molecule has 2 aliphatic rings. The third-order valence-electron chi connectivity index (χ3n) is 4.85. The molecule has 11 heteroatoms. The molecule has 1 aromatic carbocycles. The van der Waals surface area contributed by atoms with Crippen LogP contribution in [0, 0.1) is 0 Å². The average molecular weight is 479 g/mol. The number of furan rings is 1. The molecule has 3 heterocycles. The van der Waals surface area contributed by atoms with Crippen molar-refractivity contribution in [3.05, 3.63) is 64.2 Å². The van der Waals surface area contributed by atoms with E-state index in [1.165, 1.54) is 35.6 Å². The van der Waals surface area contributed by atoms with E-state index in [1.54, 1.807) is 17.0 Å². The summed E-state index contributed by atoms with van der Waals surface area (Å²) in [7, 11) is 0. The van der Waals surface area contributed by atoms with E-state index in [0.29, 0.717) is 41.9 Å². The van der Waals surface area contributed by atoms with Crippen LogP contribution >= 0.6 is 35.4 Å². The van der Waals surface area contributed by atoms with Crippen LogP contribution in [0.5, 0.6) is 0 Å². The van der Waals surface area contributed by atoms with Gasteiger partial charge in [0.15, 0.2) is 10.9 Å². The van der Waals surface area contributed by atoms with E-state index in [-0.39, 0.29) is 22.4 Å². The van der Waals surface area contributed by atoms with Gasteiger partial charge in [-0.05, 0) is 42.5 Å². The molecule has 2 fully saturated rings. The van der Waals surface area contributed by atoms with E-state index >= 15 is 0 Å². The lowest BCUT2D eigenvalue weighted by molar-refractivity contribution is -0.122. The Labute approximate surface area is 193 Å². The minimum Gasteiger partial charge on any atom is -0.459 e. The van der Waals surface area contributed by atoms with Gasteiger partial charge in [0.1, 0.15) is 5.57 Å². The van der Waals surface area contributed by atoms with Crippen molar-refractivity contribution in [2.75, 3.05) is 31.1 Å². The lowest BCUT2D eigenvalue weighted by Gasteiger charge is -2.35. The van der Waals surface area contributed by atoms with Crippen molar-refractivity contribution in [3.63, 3.8) is 0 Å². The Bertz CT molecular complexity index is 1070. The molecular weight excluding hydrogens is 463 g/mol. The van der Waals surface area contributed by atoms with Crippen LogP contribution in [-0.2, 0) is 9.59 Å². The van der Waals surface area contributed by atoms with Crippen LogP contribution in [0.25, 0.3) is 0 Å². The first kappa shape index (κ1) is 21.4.